The fraction of sp³-hybridized carbons (Fsp3) is 0.300. The Balaban J connectivity index is 1.76. The number of carbonyl (C=O) groups excluding carboxylic acids is 1. The van der Waals surface area contributed by atoms with Gasteiger partial charge in [0.2, 0.25) is 5.91 Å². The number of amides is 1. The lowest BCUT2D eigenvalue weighted by Crippen LogP contribution is -2.24. The Bertz CT molecular complexity index is 1160. The van der Waals surface area contributed by atoms with Gasteiger partial charge in [0.25, 0.3) is 5.56 Å². The minimum atomic E-state index is -0.385. The maximum atomic E-state index is 12.3. The van der Waals surface area contributed by atoms with Crippen molar-refractivity contribution in [3.63, 3.8) is 0 Å². The molecule has 0 saturated heterocycles. The second kappa shape index (κ2) is 8.44. The van der Waals surface area contributed by atoms with Gasteiger partial charge < -0.3 is 14.5 Å². The van der Waals surface area contributed by atoms with Gasteiger partial charge in [0.15, 0.2) is 0 Å². The average Bonchev–Trinajstić information content (AvgIpc) is 2.99. The molecule has 0 unspecified atom stereocenters. The molecule has 8 nitrogen and oxygen atoms in total. The van der Waals surface area contributed by atoms with Crippen molar-refractivity contribution < 1.29 is 14.3 Å². The van der Waals surface area contributed by atoms with Gasteiger partial charge >= 0.3 is 0 Å². The van der Waals surface area contributed by atoms with Crippen molar-refractivity contribution in [2.24, 2.45) is 5.10 Å². The number of methoxy groups -OCH3 is 2. The first-order chi connectivity index (χ1) is 13.8. The molecule has 0 fully saturated rings. The number of H-pyrrole nitrogens is 1. The Morgan fingerprint density at radius 2 is 2.03 bits per heavy atom. The number of hydrazone groups is 1. The number of nitrogens with zero attached hydrogens (tertiary/aromatic N) is 2. The lowest BCUT2D eigenvalue weighted by Gasteiger charge is -2.10. The van der Waals surface area contributed by atoms with Gasteiger partial charge in [-0.3, -0.25) is 9.59 Å². The second-order valence-electron chi connectivity index (χ2n) is 6.45. The van der Waals surface area contributed by atoms with E-state index in [0.717, 1.165) is 16.0 Å². The highest BCUT2D eigenvalue weighted by molar-refractivity contribution is 7.18. The zero-order chi connectivity index (χ0) is 21.1. The van der Waals surface area contributed by atoms with E-state index in [-0.39, 0.29) is 17.9 Å². The molecule has 0 radical (unpaired) electrons. The Kier molecular flexibility index (Phi) is 5.97. The highest BCUT2D eigenvalue weighted by atomic mass is 32.1. The van der Waals surface area contributed by atoms with Crippen molar-refractivity contribution in [3.8, 4) is 11.5 Å². The van der Waals surface area contributed by atoms with E-state index in [9.17, 15) is 9.59 Å². The van der Waals surface area contributed by atoms with Crippen LogP contribution >= 0.6 is 11.3 Å². The fourth-order valence-corrected chi connectivity index (χ4v) is 3.93. The van der Waals surface area contributed by atoms with Gasteiger partial charge in [-0.25, -0.2) is 10.4 Å². The van der Waals surface area contributed by atoms with Gasteiger partial charge in [-0.1, -0.05) is 0 Å². The number of benzene rings is 1. The first kappa shape index (κ1) is 20.5. The number of rotatable bonds is 6. The zero-order valence-electron chi connectivity index (χ0n) is 16.9. The van der Waals surface area contributed by atoms with Crippen LogP contribution in [0.1, 0.15) is 28.8 Å². The van der Waals surface area contributed by atoms with Crippen LogP contribution in [0.15, 0.2) is 28.1 Å². The van der Waals surface area contributed by atoms with Gasteiger partial charge in [0.1, 0.15) is 22.2 Å². The van der Waals surface area contributed by atoms with Crippen molar-refractivity contribution in [3.05, 3.63) is 50.4 Å². The summed E-state index contributed by atoms with van der Waals surface area (Å²) in [4.78, 5) is 33.4. The third kappa shape index (κ3) is 4.29. The summed E-state index contributed by atoms with van der Waals surface area (Å²) in [5, 5.41) is 4.72. The van der Waals surface area contributed by atoms with Crippen LogP contribution in [0.4, 0.5) is 0 Å². The minimum Gasteiger partial charge on any atom is -0.497 e. The maximum Gasteiger partial charge on any atom is 0.259 e. The van der Waals surface area contributed by atoms with Gasteiger partial charge in [-0.05, 0) is 38.5 Å². The SMILES string of the molecule is COc1ccc(/C(C)=N/NC(=O)Cc2nc3sc(C)c(C)c3c(=O)[nH]2)c(OC)c1. The molecule has 1 aromatic carbocycles. The van der Waals surface area contributed by atoms with Crippen LogP contribution in [-0.2, 0) is 11.2 Å². The molecule has 9 heteroatoms. The molecule has 0 saturated carbocycles. The first-order valence-electron chi connectivity index (χ1n) is 8.88. The number of hydrogen-bond donors (Lipinski definition) is 2. The van der Waals surface area contributed by atoms with Crippen LogP contribution in [0.5, 0.6) is 11.5 Å². The molecule has 0 aliphatic rings. The van der Waals surface area contributed by atoms with Crippen LogP contribution in [0.3, 0.4) is 0 Å². The van der Waals surface area contributed by atoms with Crippen LogP contribution < -0.4 is 20.5 Å². The summed E-state index contributed by atoms with van der Waals surface area (Å²) in [5.41, 5.74) is 4.48. The summed E-state index contributed by atoms with van der Waals surface area (Å²) in [6, 6.07) is 5.33. The maximum absolute atomic E-state index is 12.3. The van der Waals surface area contributed by atoms with Gasteiger partial charge in [0.05, 0.1) is 31.7 Å². The van der Waals surface area contributed by atoms with E-state index in [1.165, 1.54) is 11.3 Å². The van der Waals surface area contributed by atoms with E-state index >= 15 is 0 Å². The standard InChI is InChI=1S/C20H22N4O4S/c1-10-12(3)29-20-18(10)19(26)21-16(22-20)9-17(25)24-23-11(2)14-7-6-13(27-4)8-15(14)28-5/h6-8H,9H2,1-5H3,(H,24,25)(H,21,22,26)/b23-11+. The molecule has 0 bridgehead atoms. The third-order valence-corrected chi connectivity index (χ3v) is 5.66. The minimum absolute atomic E-state index is 0.0856. The van der Waals surface area contributed by atoms with Crippen LogP contribution in [-0.4, -0.2) is 35.8 Å². The molecule has 2 aromatic heterocycles. The van der Waals surface area contributed by atoms with E-state index in [0.29, 0.717) is 33.3 Å². The summed E-state index contributed by atoms with van der Waals surface area (Å²) in [6.07, 6.45) is -0.0856. The van der Waals surface area contributed by atoms with E-state index in [1.54, 1.807) is 39.3 Å². The summed E-state index contributed by atoms with van der Waals surface area (Å²) < 4.78 is 10.5. The molecule has 0 atom stereocenters. The highest BCUT2D eigenvalue weighted by Crippen LogP contribution is 2.26. The van der Waals surface area contributed by atoms with Crippen LogP contribution in [0.25, 0.3) is 10.2 Å². The Morgan fingerprint density at radius 1 is 1.28 bits per heavy atom. The lowest BCUT2D eigenvalue weighted by atomic mass is 10.1. The van der Waals surface area contributed by atoms with Gasteiger partial charge in [-0.2, -0.15) is 5.10 Å². The Morgan fingerprint density at radius 3 is 2.72 bits per heavy atom. The third-order valence-electron chi connectivity index (χ3n) is 4.56. The molecule has 0 spiro atoms. The summed E-state index contributed by atoms with van der Waals surface area (Å²) in [5.74, 6) is 1.16. The number of fused-ring (bicyclic) bond motifs is 1. The van der Waals surface area contributed by atoms with E-state index in [1.807, 2.05) is 13.8 Å². The molecular weight excluding hydrogens is 392 g/mol. The molecule has 3 rings (SSSR count). The molecular formula is C20H22N4O4S. The van der Waals surface area contributed by atoms with Gasteiger partial charge in [0, 0.05) is 16.5 Å². The zero-order valence-corrected chi connectivity index (χ0v) is 17.7. The number of carbonyl (C=O) groups is 1. The predicted molar refractivity (Wildman–Crippen MR) is 113 cm³/mol. The predicted octanol–water partition coefficient (Wildman–Crippen LogP) is 2.70. The fourth-order valence-electron chi connectivity index (χ4n) is 2.88. The molecule has 0 aliphatic heterocycles. The lowest BCUT2D eigenvalue weighted by molar-refractivity contribution is -0.120. The summed E-state index contributed by atoms with van der Waals surface area (Å²) >= 11 is 1.44. The van der Waals surface area contributed by atoms with Crippen molar-refractivity contribution in [1.82, 2.24) is 15.4 Å². The molecule has 152 valence electrons. The van der Waals surface area contributed by atoms with Crippen molar-refractivity contribution in [2.75, 3.05) is 14.2 Å². The summed E-state index contributed by atoms with van der Waals surface area (Å²) in [7, 11) is 3.13. The largest absolute Gasteiger partial charge is 0.497 e. The molecule has 0 aliphatic carbocycles. The van der Waals surface area contributed by atoms with Crippen LogP contribution in [0.2, 0.25) is 0 Å². The Hall–Kier alpha value is -3.20. The number of aromatic amines is 1. The number of aryl methyl sites for hydroxylation is 2. The molecule has 2 N–H and O–H groups in total. The quantitative estimate of drug-likeness (QED) is 0.477. The average molecular weight is 414 g/mol. The van der Waals surface area contributed by atoms with Crippen LogP contribution in [0, 0.1) is 13.8 Å². The van der Waals surface area contributed by atoms with E-state index < -0.39 is 0 Å². The topological polar surface area (TPSA) is 106 Å². The Labute approximate surface area is 171 Å². The molecule has 2 heterocycles. The molecule has 1 amide bonds. The molecule has 3 aromatic rings. The highest BCUT2D eigenvalue weighted by Gasteiger charge is 2.14. The first-order valence-corrected chi connectivity index (χ1v) is 9.70. The van der Waals surface area contributed by atoms with Crippen molar-refractivity contribution in [1.29, 1.82) is 0 Å². The number of nitrogens with one attached hydrogen (secondary N) is 2. The monoisotopic (exact) mass is 414 g/mol. The number of hydrogen-bond acceptors (Lipinski definition) is 7. The van der Waals surface area contributed by atoms with Crippen molar-refractivity contribution in [2.45, 2.75) is 27.2 Å². The number of thiophene rings is 1. The number of ether oxygens (including phenoxy) is 2. The summed E-state index contributed by atoms with van der Waals surface area (Å²) in [6.45, 7) is 5.59. The number of aromatic nitrogens is 2. The van der Waals surface area contributed by atoms with Crippen molar-refractivity contribution >= 4 is 33.2 Å². The second-order valence-corrected chi connectivity index (χ2v) is 7.65. The van der Waals surface area contributed by atoms with E-state index in [2.05, 4.69) is 20.5 Å². The smallest absolute Gasteiger partial charge is 0.259 e. The molecule has 29 heavy (non-hydrogen) atoms. The van der Waals surface area contributed by atoms with E-state index in [4.69, 9.17) is 9.47 Å². The van der Waals surface area contributed by atoms with Gasteiger partial charge in [-0.15, -0.1) is 11.3 Å². The normalized spacial score (nSPS) is 11.6.